The number of hydrogen-bond acceptors (Lipinski definition) is 4. The summed E-state index contributed by atoms with van der Waals surface area (Å²) in [6, 6.07) is 9.58. The second kappa shape index (κ2) is 6.16. The second-order valence-corrected chi connectivity index (χ2v) is 5.39. The van der Waals surface area contributed by atoms with Gasteiger partial charge in [0.15, 0.2) is 0 Å². The average Bonchev–Trinajstić information content (AvgIpc) is 3.27. The molecule has 4 aromatic rings. The number of fused-ring (bicyclic) bond motifs is 1. The molecule has 0 aliphatic carbocycles. The maximum atomic E-state index is 13.8. The maximum absolute atomic E-state index is 13.8. The quantitative estimate of drug-likeness (QED) is 0.598. The van der Waals surface area contributed by atoms with Crippen molar-refractivity contribution in [3.05, 3.63) is 72.2 Å². The Labute approximate surface area is 141 Å². The number of amides is 1. The zero-order valence-corrected chi connectivity index (χ0v) is 13.0. The summed E-state index contributed by atoms with van der Waals surface area (Å²) in [4.78, 5) is 20.7. The monoisotopic (exact) mass is 336 g/mol. The van der Waals surface area contributed by atoms with Crippen LogP contribution >= 0.6 is 0 Å². The first-order valence-electron chi connectivity index (χ1n) is 7.58. The Balaban J connectivity index is 1.47. The van der Waals surface area contributed by atoms with Gasteiger partial charge in [0.1, 0.15) is 11.5 Å². The van der Waals surface area contributed by atoms with Crippen LogP contribution in [0.2, 0.25) is 0 Å². The molecule has 124 valence electrons. The number of aromatic amines is 1. The van der Waals surface area contributed by atoms with E-state index in [0.717, 1.165) is 0 Å². The summed E-state index contributed by atoms with van der Waals surface area (Å²) in [5.74, 6) is -0.173. The Bertz CT molecular complexity index is 1020. The van der Waals surface area contributed by atoms with E-state index < -0.39 is 5.82 Å². The summed E-state index contributed by atoms with van der Waals surface area (Å²) >= 11 is 0. The fourth-order valence-electron chi connectivity index (χ4n) is 2.48. The molecule has 0 saturated carbocycles. The number of halogens is 1. The van der Waals surface area contributed by atoms with Crippen molar-refractivity contribution in [3.8, 4) is 11.3 Å². The van der Waals surface area contributed by atoms with Gasteiger partial charge in [0, 0.05) is 24.2 Å². The van der Waals surface area contributed by atoms with Crippen molar-refractivity contribution in [1.82, 2.24) is 29.9 Å². The Morgan fingerprint density at radius 3 is 3.00 bits per heavy atom. The lowest BCUT2D eigenvalue weighted by Gasteiger charge is -2.00. The normalized spacial score (nSPS) is 10.9. The molecule has 3 heterocycles. The lowest BCUT2D eigenvalue weighted by Crippen LogP contribution is -2.23. The fraction of sp³-hybridized carbons (Fsp3) is 0.0588. The molecule has 0 aliphatic heterocycles. The van der Waals surface area contributed by atoms with Gasteiger partial charge in [-0.3, -0.25) is 14.3 Å². The van der Waals surface area contributed by atoms with Crippen LogP contribution in [0.25, 0.3) is 17.0 Å². The van der Waals surface area contributed by atoms with E-state index in [0.29, 0.717) is 22.7 Å². The number of aromatic nitrogens is 5. The molecule has 0 bridgehead atoms. The SMILES string of the molecule is O=C(NCc1cn2cccnc2n1)c1cc(-c2ccccc2F)n[nH]1. The third kappa shape index (κ3) is 2.97. The molecule has 0 aliphatic rings. The van der Waals surface area contributed by atoms with Gasteiger partial charge in [0.2, 0.25) is 5.78 Å². The smallest absolute Gasteiger partial charge is 0.269 e. The first-order valence-corrected chi connectivity index (χ1v) is 7.58. The molecule has 0 radical (unpaired) electrons. The van der Waals surface area contributed by atoms with E-state index in [4.69, 9.17) is 0 Å². The molecule has 0 saturated heterocycles. The Kier molecular flexibility index (Phi) is 3.70. The van der Waals surface area contributed by atoms with Crippen molar-refractivity contribution in [2.24, 2.45) is 0 Å². The van der Waals surface area contributed by atoms with Gasteiger partial charge in [-0.05, 0) is 24.3 Å². The minimum Gasteiger partial charge on any atom is -0.345 e. The third-order valence-corrected chi connectivity index (χ3v) is 3.69. The summed E-state index contributed by atoms with van der Waals surface area (Å²) in [5.41, 5.74) is 1.64. The summed E-state index contributed by atoms with van der Waals surface area (Å²) in [7, 11) is 0. The van der Waals surface area contributed by atoms with Gasteiger partial charge < -0.3 is 5.32 Å². The van der Waals surface area contributed by atoms with Crippen molar-refractivity contribution in [1.29, 1.82) is 0 Å². The molecule has 2 N–H and O–H groups in total. The van der Waals surface area contributed by atoms with Gasteiger partial charge in [-0.25, -0.2) is 14.4 Å². The topological polar surface area (TPSA) is 88.0 Å². The number of nitrogens with zero attached hydrogens (tertiary/aromatic N) is 4. The van der Waals surface area contributed by atoms with Crippen molar-refractivity contribution in [2.45, 2.75) is 6.54 Å². The molecular weight excluding hydrogens is 323 g/mol. The molecule has 4 rings (SSSR count). The van der Waals surface area contributed by atoms with Gasteiger partial charge in [-0.2, -0.15) is 5.10 Å². The standard InChI is InChI=1S/C17H13FN6O/c18-13-5-2-1-4-12(13)14-8-15(23-22-14)16(25)20-9-11-10-24-7-3-6-19-17(24)21-11/h1-8,10H,9H2,(H,20,25)(H,22,23). The van der Waals surface area contributed by atoms with E-state index in [2.05, 4.69) is 25.5 Å². The molecule has 0 spiro atoms. The van der Waals surface area contributed by atoms with Crippen LogP contribution < -0.4 is 5.32 Å². The van der Waals surface area contributed by atoms with Crippen LogP contribution in [0.15, 0.2) is 55.0 Å². The van der Waals surface area contributed by atoms with Gasteiger partial charge in [-0.15, -0.1) is 0 Å². The van der Waals surface area contributed by atoms with Crippen molar-refractivity contribution in [3.63, 3.8) is 0 Å². The molecule has 0 fully saturated rings. The first kappa shape index (κ1) is 15.0. The third-order valence-electron chi connectivity index (χ3n) is 3.69. The van der Waals surface area contributed by atoms with Crippen LogP contribution in [0.1, 0.15) is 16.2 Å². The van der Waals surface area contributed by atoms with Crippen molar-refractivity contribution < 1.29 is 9.18 Å². The lowest BCUT2D eigenvalue weighted by molar-refractivity contribution is 0.0945. The number of benzene rings is 1. The van der Waals surface area contributed by atoms with Crippen LogP contribution in [0.4, 0.5) is 4.39 Å². The average molecular weight is 336 g/mol. The van der Waals surface area contributed by atoms with E-state index in [-0.39, 0.29) is 18.1 Å². The zero-order valence-electron chi connectivity index (χ0n) is 13.0. The molecule has 0 unspecified atom stereocenters. The molecule has 25 heavy (non-hydrogen) atoms. The van der Waals surface area contributed by atoms with Crippen LogP contribution in [0.5, 0.6) is 0 Å². The highest BCUT2D eigenvalue weighted by molar-refractivity contribution is 5.93. The molecule has 0 atom stereocenters. The highest BCUT2D eigenvalue weighted by Gasteiger charge is 2.13. The summed E-state index contributed by atoms with van der Waals surface area (Å²) in [5, 5.41) is 9.38. The van der Waals surface area contributed by atoms with Gasteiger partial charge >= 0.3 is 0 Å². The summed E-state index contributed by atoms with van der Waals surface area (Å²) in [6.07, 6.45) is 5.27. The number of rotatable bonds is 4. The van der Waals surface area contributed by atoms with Crippen molar-refractivity contribution in [2.75, 3.05) is 0 Å². The molecule has 8 heteroatoms. The number of nitrogens with one attached hydrogen (secondary N) is 2. The molecular formula is C17H13FN6O. The Morgan fingerprint density at radius 1 is 1.28 bits per heavy atom. The fourth-order valence-corrected chi connectivity index (χ4v) is 2.48. The van der Waals surface area contributed by atoms with Crippen LogP contribution in [-0.2, 0) is 6.54 Å². The van der Waals surface area contributed by atoms with E-state index in [1.54, 1.807) is 41.1 Å². The molecule has 1 amide bonds. The number of carbonyl (C=O) groups excluding carboxylic acids is 1. The van der Waals surface area contributed by atoms with E-state index in [9.17, 15) is 9.18 Å². The predicted octanol–water partition coefficient (Wildman–Crippen LogP) is 2.19. The number of carbonyl (C=O) groups is 1. The highest BCUT2D eigenvalue weighted by Crippen LogP contribution is 2.20. The highest BCUT2D eigenvalue weighted by atomic mass is 19.1. The first-order chi connectivity index (χ1) is 12.2. The van der Waals surface area contributed by atoms with Crippen LogP contribution in [-0.4, -0.2) is 30.5 Å². The van der Waals surface area contributed by atoms with Gasteiger partial charge in [0.25, 0.3) is 5.91 Å². The number of hydrogen-bond donors (Lipinski definition) is 2. The Morgan fingerprint density at radius 2 is 2.16 bits per heavy atom. The Hall–Kier alpha value is -3.55. The molecule has 7 nitrogen and oxygen atoms in total. The van der Waals surface area contributed by atoms with E-state index >= 15 is 0 Å². The van der Waals surface area contributed by atoms with Crippen LogP contribution in [0.3, 0.4) is 0 Å². The van der Waals surface area contributed by atoms with Crippen LogP contribution in [0, 0.1) is 5.82 Å². The summed E-state index contributed by atoms with van der Waals surface area (Å²) in [6.45, 7) is 0.246. The maximum Gasteiger partial charge on any atom is 0.269 e. The van der Waals surface area contributed by atoms with Gasteiger partial charge in [0.05, 0.1) is 17.9 Å². The van der Waals surface area contributed by atoms with E-state index in [1.807, 2.05) is 6.20 Å². The predicted molar refractivity (Wildman–Crippen MR) is 88.1 cm³/mol. The van der Waals surface area contributed by atoms with E-state index in [1.165, 1.54) is 12.1 Å². The van der Waals surface area contributed by atoms with Gasteiger partial charge in [-0.1, -0.05) is 12.1 Å². The largest absolute Gasteiger partial charge is 0.345 e. The minimum absolute atomic E-state index is 0.246. The minimum atomic E-state index is -0.391. The number of H-pyrrole nitrogens is 1. The number of imidazole rings is 1. The zero-order chi connectivity index (χ0) is 17.2. The molecule has 3 aromatic heterocycles. The lowest BCUT2D eigenvalue weighted by atomic mass is 10.1. The molecule has 1 aromatic carbocycles. The summed E-state index contributed by atoms with van der Waals surface area (Å²) < 4.78 is 15.6. The van der Waals surface area contributed by atoms with Crippen molar-refractivity contribution >= 4 is 11.7 Å². The second-order valence-electron chi connectivity index (χ2n) is 5.39.